The molecule has 3 amide bonds. The second kappa shape index (κ2) is 11.5. The lowest BCUT2D eigenvalue weighted by molar-refractivity contribution is -0.140. The third-order valence-electron chi connectivity index (χ3n) is 7.09. The van der Waals surface area contributed by atoms with Crippen molar-refractivity contribution in [2.24, 2.45) is 5.92 Å². The average Bonchev–Trinajstić information content (AvgIpc) is 3.22. The second-order valence-electron chi connectivity index (χ2n) is 10.4. The molecular formula is C33H33N3O3. The summed E-state index contributed by atoms with van der Waals surface area (Å²) in [7, 11) is 0. The van der Waals surface area contributed by atoms with Crippen molar-refractivity contribution < 1.29 is 14.4 Å². The van der Waals surface area contributed by atoms with E-state index in [0.29, 0.717) is 18.5 Å². The molecule has 1 N–H and O–H groups in total. The predicted molar refractivity (Wildman–Crippen MR) is 154 cm³/mol. The maximum Gasteiger partial charge on any atom is 0.259 e. The molecule has 0 saturated heterocycles. The number of nitrogens with zero attached hydrogens (tertiary/aromatic N) is 2. The number of hydrogen-bond acceptors (Lipinski definition) is 3. The molecule has 198 valence electrons. The molecule has 1 aliphatic heterocycles. The van der Waals surface area contributed by atoms with Gasteiger partial charge in [0.05, 0.1) is 5.69 Å². The minimum Gasteiger partial charge on any atom is -0.354 e. The molecule has 0 spiro atoms. The minimum absolute atomic E-state index is 0.151. The molecule has 39 heavy (non-hydrogen) atoms. The van der Waals surface area contributed by atoms with E-state index in [2.05, 4.69) is 5.32 Å². The molecule has 6 heteroatoms. The summed E-state index contributed by atoms with van der Waals surface area (Å²) in [6.45, 7) is 4.69. The fourth-order valence-electron chi connectivity index (χ4n) is 5.12. The molecule has 0 aliphatic carbocycles. The monoisotopic (exact) mass is 519 g/mol. The number of carbonyl (C=O) groups excluding carboxylic acids is 3. The number of hydrogen-bond donors (Lipinski definition) is 1. The first-order chi connectivity index (χ1) is 18.9. The lowest BCUT2D eigenvalue weighted by Crippen LogP contribution is -2.53. The van der Waals surface area contributed by atoms with Crippen LogP contribution in [0.3, 0.4) is 0 Å². The Balaban J connectivity index is 1.49. The number of anilines is 1. The van der Waals surface area contributed by atoms with Crippen molar-refractivity contribution in [3.63, 3.8) is 0 Å². The van der Waals surface area contributed by atoms with Gasteiger partial charge in [-0.3, -0.25) is 19.3 Å². The van der Waals surface area contributed by atoms with Crippen LogP contribution in [0, 0.1) is 5.92 Å². The highest BCUT2D eigenvalue weighted by atomic mass is 16.2. The van der Waals surface area contributed by atoms with Crippen LogP contribution >= 0.6 is 0 Å². The van der Waals surface area contributed by atoms with E-state index in [9.17, 15) is 14.4 Å². The smallest absolute Gasteiger partial charge is 0.259 e. The summed E-state index contributed by atoms with van der Waals surface area (Å²) in [5, 5.41) is 4.87. The maximum absolute atomic E-state index is 14.1. The topological polar surface area (TPSA) is 69.7 Å². The van der Waals surface area contributed by atoms with Crippen LogP contribution in [0.2, 0.25) is 0 Å². The Morgan fingerprint density at radius 1 is 0.821 bits per heavy atom. The molecule has 4 aromatic carbocycles. The van der Waals surface area contributed by atoms with Gasteiger partial charge in [-0.25, -0.2) is 0 Å². The van der Waals surface area contributed by atoms with Gasteiger partial charge in [-0.1, -0.05) is 98.8 Å². The molecule has 4 aromatic rings. The molecule has 1 atom stereocenters. The first kappa shape index (κ1) is 26.2. The van der Waals surface area contributed by atoms with Gasteiger partial charge in [0.25, 0.3) is 5.91 Å². The predicted octanol–water partition coefficient (Wildman–Crippen LogP) is 5.21. The zero-order valence-corrected chi connectivity index (χ0v) is 22.3. The van der Waals surface area contributed by atoms with Gasteiger partial charge < -0.3 is 10.2 Å². The van der Waals surface area contributed by atoms with Gasteiger partial charge in [0.2, 0.25) is 11.8 Å². The van der Waals surface area contributed by atoms with Crippen molar-refractivity contribution in [2.45, 2.75) is 32.9 Å². The zero-order valence-electron chi connectivity index (χ0n) is 22.3. The zero-order chi connectivity index (χ0) is 27.4. The Labute approximate surface area is 229 Å². The van der Waals surface area contributed by atoms with Crippen molar-refractivity contribution in [1.29, 1.82) is 0 Å². The normalized spacial score (nSPS) is 13.1. The van der Waals surface area contributed by atoms with Gasteiger partial charge in [0.1, 0.15) is 12.6 Å². The number of nitrogens with one attached hydrogen (secondary N) is 1. The van der Waals surface area contributed by atoms with Gasteiger partial charge in [-0.05, 0) is 34.6 Å². The molecule has 5 rings (SSSR count). The molecule has 0 aromatic heterocycles. The molecule has 0 fully saturated rings. The largest absolute Gasteiger partial charge is 0.354 e. The minimum atomic E-state index is -0.741. The Morgan fingerprint density at radius 3 is 2.13 bits per heavy atom. The van der Waals surface area contributed by atoms with Crippen molar-refractivity contribution in [3.8, 4) is 0 Å². The highest BCUT2D eigenvalue weighted by Crippen LogP contribution is 2.37. The number of benzene rings is 4. The molecule has 0 radical (unpaired) electrons. The summed E-state index contributed by atoms with van der Waals surface area (Å²) >= 11 is 0. The lowest BCUT2D eigenvalue weighted by Gasteiger charge is -2.33. The van der Waals surface area contributed by atoms with E-state index in [-0.39, 0.29) is 36.7 Å². The molecule has 0 saturated carbocycles. The van der Waals surface area contributed by atoms with E-state index in [1.165, 1.54) is 0 Å². The van der Waals surface area contributed by atoms with Crippen LogP contribution < -0.4 is 10.2 Å². The van der Waals surface area contributed by atoms with Crippen LogP contribution in [0.1, 0.15) is 35.3 Å². The van der Waals surface area contributed by atoms with E-state index >= 15 is 0 Å². The first-order valence-corrected chi connectivity index (χ1v) is 13.4. The van der Waals surface area contributed by atoms with Crippen LogP contribution in [0.15, 0.2) is 97.1 Å². The Kier molecular flexibility index (Phi) is 7.73. The van der Waals surface area contributed by atoms with Gasteiger partial charge in [-0.2, -0.15) is 0 Å². The van der Waals surface area contributed by atoms with Crippen molar-refractivity contribution in [1.82, 2.24) is 10.2 Å². The highest BCUT2D eigenvalue weighted by molar-refractivity contribution is 6.26. The van der Waals surface area contributed by atoms with Gasteiger partial charge >= 0.3 is 0 Å². The van der Waals surface area contributed by atoms with E-state index in [1.54, 1.807) is 15.9 Å². The lowest BCUT2D eigenvalue weighted by atomic mass is 10.0. The molecule has 1 unspecified atom stereocenters. The molecule has 1 heterocycles. The Morgan fingerprint density at radius 2 is 1.46 bits per heavy atom. The summed E-state index contributed by atoms with van der Waals surface area (Å²) in [5.74, 6) is -0.405. The number of carbonyl (C=O) groups is 3. The first-order valence-electron chi connectivity index (χ1n) is 13.4. The third-order valence-corrected chi connectivity index (χ3v) is 7.09. The summed E-state index contributed by atoms with van der Waals surface area (Å²) in [5.41, 5.74) is 3.20. The van der Waals surface area contributed by atoms with Gasteiger partial charge in [0.15, 0.2) is 0 Å². The summed E-state index contributed by atoms with van der Waals surface area (Å²) in [6.07, 6.45) is 0.368. The molecule has 1 aliphatic rings. The van der Waals surface area contributed by atoms with E-state index in [4.69, 9.17) is 0 Å². The van der Waals surface area contributed by atoms with Crippen LogP contribution in [0.25, 0.3) is 10.8 Å². The van der Waals surface area contributed by atoms with Crippen molar-refractivity contribution >= 4 is 34.2 Å². The second-order valence-corrected chi connectivity index (χ2v) is 10.4. The molecule has 6 nitrogen and oxygen atoms in total. The van der Waals surface area contributed by atoms with E-state index in [1.807, 2.05) is 105 Å². The van der Waals surface area contributed by atoms with Gasteiger partial charge in [0, 0.05) is 30.5 Å². The van der Waals surface area contributed by atoms with E-state index < -0.39 is 6.04 Å². The van der Waals surface area contributed by atoms with Crippen LogP contribution in [0.4, 0.5) is 5.69 Å². The number of amides is 3. The van der Waals surface area contributed by atoms with E-state index in [0.717, 1.165) is 27.6 Å². The van der Waals surface area contributed by atoms with Crippen LogP contribution in [0.5, 0.6) is 0 Å². The summed E-state index contributed by atoms with van der Waals surface area (Å²) < 4.78 is 0. The molecule has 0 bridgehead atoms. The Bertz CT molecular complexity index is 1480. The van der Waals surface area contributed by atoms with Crippen molar-refractivity contribution in [3.05, 3.63) is 114 Å². The number of rotatable bonds is 10. The summed E-state index contributed by atoms with van der Waals surface area (Å²) in [6, 6.07) is 30.0. The maximum atomic E-state index is 14.1. The molecular weight excluding hydrogens is 486 g/mol. The quantitative estimate of drug-likeness (QED) is 0.313. The Hall–Kier alpha value is -4.45. The average molecular weight is 520 g/mol. The fourth-order valence-corrected chi connectivity index (χ4v) is 5.12. The van der Waals surface area contributed by atoms with Crippen molar-refractivity contribution in [2.75, 3.05) is 18.0 Å². The standard InChI is InChI=1S/C33H33N3O3/c1-23(2)20-34-32(38)29(19-24-11-5-3-6-12-24)35(21-25-13-7-4-8-14-25)30(37)22-36-28-18-10-16-26-15-9-17-27(31(26)28)33(36)39/h3-18,23,29H,19-22H2,1-2H3,(H,34,38). The fraction of sp³-hybridized carbons (Fsp3) is 0.242. The SMILES string of the molecule is CC(C)CNC(=O)C(Cc1ccccc1)N(Cc1ccccc1)C(=O)CN1C(=O)c2cccc3cccc1c23. The van der Waals surface area contributed by atoms with Gasteiger partial charge in [-0.15, -0.1) is 0 Å². The van der Waals surface area contributed by atoms with Crippen LogP contribution in [-0.4, -0.2) is 41.8 Å². The third kappa shape index (κ3) is 5.70. The van der Waals surface area contributed by atoms with Crippen LogP contribution in [-0.2, 0) is 22.6 Å². The summed E-state index contributed by atoms with van der Waals surface area (Å²) in [4.78, 5) is 44.4. The highest BCUT2D eigenvalue weighted by Gasteiger charge is 2.35.